The Morgan fingerprint density at radius 2 is 2.29 bits per heavy atom. The fraction of sp³-hybridized carbons (Fsp3) is 0.625. The first-order valence-electron chi connectivity index (χ1n) is 7.75. The summed E-state index contributed by atoms with van der Waals surface area (Å²) in [4.78, 5) is 24.1. The monoisotopic (exact) mass is 291 g/mol. The first-order valence-corrected chi connectivity index (χ1v) is 7.75. The minimum absolute atomic E-state index is 0.0522. The van der Waals surface area contributed by atoms with Gasteiger partial charge in [0.15, 0.2) is 0 Å². The molecule has 1 heterocycles. The molecule has 0 radical (unpaired) electrons. The standard InChI is InChI=1S/C16H25N3O2/c1-3-9-19-11-13(6-7-14(19)20)18-15(21)16(17)8-4-5-12(2)10-16/h6-7,11-12H,3-5,8-10,17H2,1-2H3,(H,18,21). The maximum atomic E-state index is 12.5. The van der Waals surface area contributed by atoms with Crippen molar-refractivity contribution in [3.63, 3.8) is 0 Å². The van der Waals surface area contributed by atoms with E-state index in [1.807, 2.05) is 6.92 Å². The molecular formula is C16H25N3O2. The smallest absolute Gasteiger partial charge is 0.250 e. The molecule has 0 aromatic carbocycles. The minimum atomic E-state index is -0.788. The lowest BCUT2D eigenvalue weighted by atomic mass is 9.76. The van der Waals surface area contributed by atoms with E-state index in [1.165, 1.54) is 6.07 Å². The van der Waals surface area contributed by atoms with Crippen LogP contribution in [0.1, 0.15) is 46.0 Å². The number of nitrogens with two attached hydrogens (primary N) is 1. The molecule has 1 aliphatic rings. The fourth-order valence-electron chi connectivity index (χ4n) is 3.07. The van der Waals surface area contributed by atoms with Crippen molar-refractivity contribution >= 4 is 11.6 Å². The van der Waals surface area contributed by atoms with Crippen molar-refractivity contribution in [2.45, 2.75) is 58.0 Å². The van der Waals surface area contributed by atoms with Crippen molar-refractivity contribution < 1.29 is 4.79 Å². The lowest BCUT2D eigenvalue weighted by molar-refractivity contribution is -0.122. The van der Waals surface area contributed by atoms with Crippen LogP contribution in [-0.2, 0) is 11.3 Å². The Labute approximate surface area is 125 Å². The molecule has 2 rings (SSSR count). The molecule has 0 saturated heterocycles. The number of hydrogen-bond donors (Lipinski definition) is 2. The predicted molar refractivity (Wildman–Crippen MR) is 84.2 cm³/mol. The van der Waals surface area contributed by atoms with Crippen LogP contribution in [0.25, 0.3) is 0 Å². The number of nitrogens with one attached hydrogen (secondary N) is 1. The topological polar surface area (TPSA) is 77.1 Å². The summed E-state index contributed by atoms with van der Waals surface area (Å²) in [6.07, 6.45) is 6.12. The summed E-state index contributed by atoms with van der Waals surface area (Å²) in [5.74, 6) is 0.333. The van der Waals surface area contributed by atoms with Crippen LogP contribution in [0.2, 0.25) is 0 Å². The van der Waals surface area contributed by atoms with Crippen LogP contribution in [0.5, 0.6) is 0 Å². The maximum Gasteiger partial charge on any atom is 0.250 e. The number of carbonyl (C=O) groups excluding carboxylic acids is 1. The van der Waals surface area contributed by atoms with Gasteiger partial charge in [-0.05, 0) is 31.2 Å². The molecule has 1 fully saturated rings. The number of amides is 1. The molecule has 21 heavy (non-hydrogen) atoms. The number of rotatable bonds is 4. The van der Waals surface area contributed by atoms with E-state index in [4.69, 9.17) is 5.73 Å². The molecule has 1 aliphatic carbocycles. The van der Waals surface area contributed by atoms with Crippen LogP contribution in [0.15, 0.2) is 23.1 Å². The first kappa shape index (κ1) is 15.8. The van der Waals surface area contributed by atoms with Gasteiger partial charge in [0.1, 0.15) is 0 Å². The van der Waals surface area contributed by atoms with Gasteiger partial charge >= 0.3 is 0 Å². The van der Waals surface area contributed by atoms with Crippen molar-refractivity contribution in [2.75, 3.05) is 5.32 Å². The third kappa shape index (κ3) is 3.73. The van der Waals surface area contributed by atoms with Crippen molar-refractivity contribution in [1.82, 2.24) is 4.57 Å². The molecule has 5 heteroatoms. The van der Waals surface area contributed by atoms with Crippen LogP contribution in [0.3, 0.4) is 0 Å². The van der Waals surface area contributed by atoms with Gasteiger partial charge in [-0.1, -0.05) is 26.7 Å². The quantitative estimate of drug-likeness (QED) is 0.892. The van der Waals surface area contributed by atoms with Crippen molar-refractivity contribution in [3.05, 3.63) is 28.7 Å². The van der Waals surface area contributed by atoms with Gasteiger partial charge in [-0.3, -0.25) is 9.59 Å². The summed E-state index contributed by atoms with van der Waals surface area (Å²) in [5.41, 5.74) is 6.08. The Morgan fingerprint density at radius 3 is 2.95 bits per heavy atom. The van der Waals surface area contributed by atoms with Crippen molar-refractivity contribution in [2.24, 2.45) is 11.7 Å². The number of hydrogen-bond acceptors (Lipinski definition) is 3. The number of pyridine rings is 1. The van der Waals surface area contributed by atoms with Gasteiger partial charge in [0, 0.05) is 18.8 Å². The maximum absolute atomic E-state index is 12.5. The Balaban J connectivity index is 2.12. The molecular weight excluding hydrogens is 266 g/mol. The number of aryl methyl sites for hydroxylation is 1. The molecule has 0 bridgehead atoms. The molecule has 1 aromatic rings. The zero-order chi connectivity index (χ0) is 15.5. The number of aromatic nitrogens is 1. The lowest BCUT2D eigenvalue weighted by Crippen LogP contribution is -2.53. The minimum Gasteiger partial charge on any atom is -0.323 e. The Bertz CT molecular complexity index is 567. The second kappa shape index (κ2) is 6.43. The molecule has 116 valence electrons. The van der Waals surface area contributed by atoms with Crippen LogP contribution in [0.4, 0.5) is 5.69 Å². The zero-order valence-corrected chi connectivity index (χ0v) is 12.9. The van der Waals surface area contributed by atoms with Gasteiger partial charge < -0.3 is 15.6 Å². The molecule has 1 aromatic heterocycles. The van der Waals surface area contributed by atoms with E-state index < -0.39 is 5.54 Å². The third-order valence-corrected chi connectivity index (χ3v) is 4.19. The lowest BCUT2D eigenvalue weighted by Gasteiger charge is -2.35. The average molecular weight is 291 g/mol. The highest BCUT2D eigenvalue weighted by Gasteiger charge is 2.37. The van der Waals surface area contributed by atoms with Gasteiger partial charge in [0.2, 0.25) is 5.91 Å². The van der Waals surface area contributed by atoms with E-state index in [2.05, 4.69) is 12.2 Å². The SMILES string of the molecule is CCCn1cc(NC(=O)C2(N)CCCC(C)C2)ccc1=O. The Morgan fingerprint density at radius 1 is 1.52 bits per heavy atom. The fourth-order valence-corrected chi connectivity index (χ4v) is 3.07. The highest BCUT2D eigenvalue weighted by atomic mass is 16.2. The highest BCUT2D eigenvalue weighted by Crippen LogP contribution is 2.31. The normalized spacial score (nSPS) is 25.6. The summed E-state index contributed by atoms with van der Waals surface area (Å²) >= 11 is 0. The zero-order valence-electron chi connectivity index (χ0n) is 12.9. The van der Waals surface area contributed by atoms with Gasteiger partial charge in [-0.25, -0.2) is 0 Å². The summed E-state index contributed by atoms with van der Waals surface area (Å²) in [6, 6.07) is 3.12. The Kier molecular flexibility index (Phi) is 4.83. The van der Waals surface area contributed by atoms with Gasteiger partial charge in [-0.15, -0.1) is 0 Å². The van der Waals surface area contributed by atoms with E-state index in [0.717, 1.165) is 25.7 Å². The molecule has 2 unspecified atom stereocenters. The largest absolute Gasteiger partial charge is 0.323 e. The van der Waals surface area contributed by atoms with E-state index in [9.17, 15) is 9.59 Å². The second-order valence-corrected chi connectivity index (χ2v) is 6.26. The van der Waals surface area contributed by atoms with Crippen LogP contribution in [-0.4, -0.2) is 16.0 Å². The van der Waals surface area contributed by atoms with E-state index in [0.29, 0.717) is 24.6 Å². The van der Waals surface area contributed by atoms with E-state index in [1.54, 1.807) is 16.8 Å². The van der Waals surface area contributed by atoms with Gasteiger partial charge in [0.05, 0.1) is 11.2 Å². The molecule has 5 nitrogen and oxygen atoms in total. The molecule has 1 saturated carbocycles. The molecule has 0 spiro atoms. The first-order chi connectivity index (χ1) is 9.94. The van der Waals surface area contributed by atoms with Gasteiger partial charge in [0.25, 0.3) is 5.56 Å². The molecule has 2 atom stereocenters. The van der Waals surface area contributed by atoms with Crippen molar-refractivity contribution in [3.8, 4) is 0 Å². The predicted octanol–water partition coefficient (Wildman–Crippen LogP) is 2.10. The van der Waals surface area contributed by atoms with E-state index >= 15 is 0 Å². The molecule has 1 amide bonds. The number of nitrogens with zero attached hydrogens (tertiary/aromatic N) is 1. The molecule has 0 aliphatic heterocycles. The van der Waals surface area contributed by atoms with Crippen molar-refractivity contribution in [1.29, 1.82) is 0 Å². The Hall–Kier alpha value is -1.62. The summed E-state index contributed by atoms with van der Waals surface area (Å²) < 4.78 is 1.61. The summed E-state index contributed by atoms with van der Waals surface area (Å²) in [6.45, 7) is 4.79. The summed E-state index contributed by atoms with van der Waals surface area (Å²) in [7, 11) is 0. The third-order valence-electron chi connectivity index (χ3n) is 4.19. The highest BCUT2D eigenvalue weighted by molar-refractivity contribution is 5.97. The van der Waals surface area contributed by atoms with Crippen LogP contribution >= 0.6 is 0 Å². The second-order valence-electron chi connectivity index (χ2n) is 6.26. The van der Waals surface area contributed by atoms with Crippen LogP contribution < -0.4 is 16.6 Å². The number of anilines is 1. The average Bonchev–Trinajstić information content (AvgIpc) is 2.42. The van der Waals surface area contributed by atoms with Crippen LogP contribution in [0, 0.1) is 5.92 Å². The number of carbonyl (C=O) groups is 1. The summed E-state index contributed by atoms with van der Waals surface area (Å²) in [5, 5.41) is 2.88. The van der Waals surface area contributed by atoms with E-state index in [-0.39, 0.29) is 11.5 Å². The molecule has 3 N–H and O–H groups in total. The van der Waals surface area contributed by atoms with Gasteiger partial charge in [-0.2, -0.15) is 0 Å².